The van der Waals surface area contributed by atoms with Crippen molar-refractivity contribution in [2.45, 2.75) is 99.0 Å². The standard InChI is InChI=1S/C31H45N3O4/c1-20(2)25(33-29(37)38-31(8,9)10)28(36)34(30(5,6)7)26(24-21(3)15-14-16-22(24)4)27(35)32-19-23-17-12-11-13-18-23/h11-18,20,25-26H,19H2,1-10H3,(H,32,35)(H,33,37). The van der Waals surface area contributed by atoms with Gasteiger partial charge in [0.15, 0.2) is 0 Å². The molecule has 0 saturated heterocycles. The van der Waals surface area contributed by atoms with E-state index >= 15 is 0 Å². The molecular weight excluding hydrogens is 478 g/mol. The highest BCUT2D eigenvalue weighted by atomic mass is 16.6. The molecule has 0 aromatic heterocycles. The molecule has 2 aromatic carbocycles. The summed E-state index contributed by atoms with van der Waals surface area (Å²) in [5, 5.41) is 5.83. The van der Waals surface area contributed by atoms with E-state index in [1.807, 2.05) is 97.0 Å². The zero-order chi connectivity index (χ0) is 28.8. The molecule has 0 aliphatic rings. The molecule has 2 atom stereocenters. The van der Waals surface area contributed by atoms with Crippen molar-refractivity contribution < 1.29 is 19.1 Å². The summed E-state index contributed by atoms with van der Waals surface area (Å²) >= 11 is 0. The van der Waals surface area contributed by atoms with E-state index in [4.69, 9.17) is 4.74 Å². The molecule has 0 fully saturated rings. The van der Waals surface area contributed by atoms with Gasteiger partial charge in [0.1, 0.15) is 17.7 Å². The van der Waals surface area contributed by atoms with Gasteiger partial charge in [-0.2, -0.15) is 0 Å². The number of carbonyl (C=O) groups excluding carboxylic acids is 3. The summed E-state index contributed by atoms with van der Waals surface area (Å²) < 4.78 is 5.45. The lowest BCUT2D eigenvalue weighted by Gasteiger charge is -2.44. The topological polar surface area (TPSA) is 87.7 Å². The molecule has 0 bridgehead atoms. The van der Waals surface area contributed by atoms with E-state index in [0.717, 1.165) is 22.3 Å². The van der Waals surface area contributed by atoms with Gasteiger partial charge in [-0.3, -0.25) is 9.59 Å². The number of amides is 3. The second-order valence-corrected chi connectivity index (χ2v) is 12.2. The molecule has 2 N–H and O–H groups in total. The molecule has 208 valence electrons. The van der Waals surface area contributed by atoms with E-state index in [-0.39, 0.29) is 17.7 Å². The summed E-state index contributed by atoms with van der Waals surface area (Å²) in [7, 11) is 0. The van der Waals surface area contributed by atoms with Crippen LogP contribution in [0, 0.1) is 19.8 Å². The van der Waals surface area contributed by atoms with Crippen LogP contribution in [0.25, 0.3) is 0 Å². The Morgan fingerprint density at radius 3 is 1.89 bits per heavy atom. The first kappa shape index (κ1) is 30.9. The summed E-state index contributed by atoms with van der Waals surface area (Å²) in [5.74, 6) is -0.874. The van der Waals surface area contributed by atoms with E-state index in [1.54, 1.807) is 25.7 Å². The van der Waals surface area contributed by atoms with E-state index < -0.39 is 29.3 Å². The van der Waals surface area contributed by atoms with Crippen LogP contribution in [0.15, 0.2) is 48.5 Å². The van der Waals surface area contributed by atoms with Crippen molar-refractivity contribution in [2.24, 2.45) is 5.92 Å². The third-order valence-electron chi connectivity index (χ3n) is 6.20. The first-order chi connectivity index (χ1) is 17.5. The minimum Gasteiger partial charge on any atom is -0.444 e. The predicted molar refractivity (Wildman–Crippen MR) is 152 cm³/mol. The molecule has 0 aliphatic heterocycles. The maximum Gasteiger partial charge on any atom is 0.408 e. The number of ether oxygens (including phenoxy) is 1. The Morgan fingerprint density at radius 1 is 0.868 bits per heavy atom. The molecule has 2 unspecified atom stereocenters. The van der Waals surface area contributed by atoms with Crippen LogP contribution in [0.5, 0.6) is 0 Å². The van der Waals surface area contributed by atoms with Crippen LogP contribution < -0.4 is 10.6 Å². The third kappa shape index (κ3) is 8.33. The Bertz CT molecular complexity index is 1090. The SMILES string of the molecule is Cc1cccc(C)c1C(C(=O)NCc1ccccc1)N(C(=O)C(NC(=O)OC(C)(C)C)C(C)C)C(C)(C)C. The molecule has 0 aliphatic carbocycles. The Hall–Kier alpha value is -3.35. The summed E-state index contributed by atoms with van der Waals surface area (Å²) in [5.41, 5.74) is 2.10. The lowest BCUT2D eigenvalue weighted by molar-refractivity contribution is -0.149. The van der Waals surface area contributed by atoms with Gasteiger partial charge in [-0.05, 0) is 83.6 Å². The molecule has 2 aromatic rings. The van der Waals surface area contributed by atoms with Crippen molar-refractivity contribution >= 4 is 17.9 Å². The molecular formula is C31H45N3O4. The first-order valence-corrected chi connectivity index (χ1v) is 13.2. The van der Waals surface area contributed by atoms with E-state index in [1.165, 1.54) is 0 Å². The molecule has 0 radical (unpaired) electrons. The lowest BCUT2D eigenvalue weighted by Crippen LogP contribution is -2.60. The summed E-state index contributed by atoms with van der Waals surface area (Å²) in [4.78, 5) is 42.6. The lowest BCUT2D eigenvalue weighted by atomic mass is 9.89. The molecule has 7 heteroatoms. The Kier molecular flexibility index (Phi) is 10.1. The monoisotopic (exact) mass is 523 g/mol. The van der Waals surface area contributed by atoms with Crippen LogP contribution in [-0.4, -0.2) is 40.0 Å². The van der Waals surface area contributed by atoms with Crippen LogP contribution in [0.2, 0.25) is 0 Å². The fraction of sp³-hybridized carbons (Fsp3) is 0.516. The maximum atomic E-state index is 14.3. The van der Waals surface area contributed by atoms with Gasteiger partial charge in [0, 0.05) is 12.1 Å². The number of nitrogens with zero attached hydrogens (tertiary/aromatic N) is 1. The van der Waals surface area contributed by atoms with Crippen molar-refractivity contribution in [2.75, 3.05) is 0 Å². The largest absolute Gasteiger partial charge is 0.444 e. The average molecular weight is 524 g/mol. The fourth-order valence-electron chi connectivity index (χ4n) is 4.46. The number of hydrogen-bond donors (Lipinski definition) is 2. The van der Waals surface area contributed by atoms with Gasteiger partial charge in [-0.25, -0.2) is 4.79 Å². The first-order valence-electron chi connectivity index (χ1n) is 13.2. The second kappa shape index (κ2) is 12.5. The number of aryl methyl sites for hydroxylation is 2. The molecule has 38 heavy (non-hydrogen) atoms. The predicted octanol–water partition coefficient (Wildman–Crippen LogP) is 5.84. The van der Waals surface area contributed by atoms with Crippen LogP contribution in [0.4, 0.5) is 4.79 Å². The number of carbonyl (C=O) groups is 3. The minimum absolute atomic E-state index is 0.245. The van der Waals surface area contributed by atoms with Gasteiger partial charge < -0.3 is 20.3 Å². The number of alkyl carbamates (subject to hydrolysis) is 1. The van der Waals surface area contributed by atoms with E-state index in [9.17, 15) is 14.4 Å². The number of hydrogen-bond acceptors (Lipinski definition) is 4. The highest BCUT2D eigenvalue weighted by Gasteiger charge is 2.43. The molecule has 0 heterocycles. The summed E-state index contributed by atoms with van der Waals surface area (Å²) in [6, 6.07) is 13.7. The molecule has 0 spiro atoms. The Morgan fingerprint density at radius 2 is 1.42 bits per heavy atom. The van der Waals surface area contributed by atoms with Crippen molar-refractivity contribution in [1.82, 2.24) is 15.5 Å². The van der Waals surface area contributed by atoms with Crippen LogP contribution in [-0.2, 0) is 20.9 Å². The minimum atomic E-state index is -0.908. The maximum absolute atomic E-state index is 14.3. The van der Waals surface area contributed by atoms with Gasteiger partial charge >= 0.3 is 6.09 Å². The van der Waals surface area contributed by atoms with Gasteiger partial charge in [-0.15, -0.1) is 0 Å². The van der Waals surface area contributed by atoms with Gasteiger partial charge in [0.25, 0.3) is 0 Å². The Balaban J connectivity index is 2.58. The van der Waals surface area contributed by atoms with Crippen molar-refractivity contribution in [3.05, 3.63) is 70.8 Å². The van der Waals surface area contributed by atoms with Crippen LogP contribution in [0.3, 0.4) is 0 Å². The van der Waals surface area contributed by atoms with Gasteiger partial charge in [-0.1, -0.05) is 62.4 Å². The zero-order valence-electron chi connectivity index (χ0n) is 24.6. The average Bonchev–Trinajstić information content (AvgIpc) is 2.78. The van der Waals surface area contributed by atoms with Crippen molar-refractivity contribution in [1.29, 1.82) is 0 Å². The Labute approximate surface area is 228 Å². The number of nitrogens with one attached hydrogen (secondary N) is 2. The quantitative estimate of drug-likeness (QED) is 0.455. The van der Waals surface area contributed by atoms with Gasteiger partial charge in [0.05, 0.1) is 0 Å². The zero-order valence-corrected chi connectivity index (χ0v) is 24.6. The van der Waals surface area contributed by atoms with E-state index in [2.05, 4.69) is 10.6 Å². The van der Waals surface area contributed by atoms with Crippen molar-refractivity contribution in [3.8, 4) is 0 Å². The van der Waals surface area contributed by atoms with E-state index in [0.29, 0.717) is 6.54 Å². The summed E-state index contributed by atoms with van der Waals surface area (Å²) in [6.45, 7) is 19.0. The summed E-state index contributed by atoms with van der Waals surface area (Å²) in [6.07, 6.45) is -0.671. The normalized spacial score (nSPS) is 13.4. The molecule has 0 saturated carbocycles. The molecule has 7 nitrogen and oxygen atoms in total. The van der Waals surface area contributed by atoms with Crippen LogP contribution >= 0.6 is 0 Å². The highest BCUT2D eigenvalue weighted by Crippen LogP contribution is 2.34. The molecule has 3 amide bonds. The number of benzene rings is 2. The fourth-order valence-corrected chi connectivity index (χ4v) is 4.46. The smallest absolute Gasteiger partial charge is 0.408 e. The number of rotatable bonds is 8. The second-order valence-electron chi connectivity index (χ2n) is 12.2. The third-order valence-corrected chi connectivity index (χ3v) is 6.20. The molecule has 2 rings (SSSR count). The van der Waals surface area contributed by atoms with Gasteiger partial charge in [0.2, 0.25) is 11.8 Å². The van der Waals surface area contributed by atoms with Crippen LogP contribution in [0.1, 0.15) is 83.7 Å². The highest BCUT2D eigenvalue weighted by molar-refractivity contribution is 5.93. The van der Waals surface area contributed by atoms with Crippen molar-refractivity contribution in [3.63, 3.8) is 0 Å².